The SMILES string of the molecule is COc1ccc(C(=O)OCC2CCCCC2)cc1S(=O)(=O)N(C)C. The molecule has 0 spiro atoms. The summed E-state index contributed by atoms with van der Waals surface area (Å²) in [4.78, 5) is 12.2. The zero-order valence-corrected chi connectivity index (χ0v) is 15.3. The molecule has 6 nitrogen and oxygen atoms in total. The van der Waals surface area contributed by atoms with E-state index in [0.29, 0.717) is 12.5 Å². The van der Waals surface area contributed by atoms with Gasteiger partial charge in [0.05, 0.1) is 19.3 Å². The van der Waals surface area contributed by atoms with E-state index in [9.17, 15) is 13.2 Å². The Morgan fingerprint density at radius 1 is 1.21 bits per heavy atom. The van der Waals surface area contributed by atoms with Gasteiger partial charge in [-0.3, -0.25) is 0 Å². The first kappa shape index (κ1) is 18.7. The van der Waals surface area contributed by atoms with Gasteiger partial charge in [-0.15, -0.1) is 0 Å². The summed E-state index contributed by atoms with van der Waals surface area (Å²) in [5.74, 6) is 0.108. The third kappa shape index (κ3) is 4.27. The molecule has 0 aliphatic heterocycles. The zero-order chi connectivity index (χ0) is 17.7. The highest BCUT2D eigenvalue weighted by molar-refractivity contribution is 7.89. The van der Waals surface area contributed by atoms with Gasteiger partial charge >= 0.3 is 5.97 Å². The van der Waals surface area contributed by atoms with Crippen molar-refractivity contribution in [2.45, 2.75) is 37.0 Å². The topological polar surface area (TPSA) is 72.9 Å². The van der Waals surface area contributed by atoms with E-state index in [2.05, 4.69) is 0 Å². The van der Waals surface area contributed by atoms with Crippen LogP contribution in [0.15, 0.2) is 23.1 Å². The monoisotopic (exact) mass is 355 g/mol. The van der Waals surface area contributed by atoms with Crippen molar-refractivity contribution in [3.05, 3.63) is 23.8 Å². The van der Waals surface area contributed by atoms with Crippen molar-refractivity contribution in [1.82, 2.24) is 4.31 Å². The van der Waals surface area contributed by atoms with Gasteiger partial charge in [-0.2, -0.15) is 0 Å². The Hall–Kier alpha value is -1.60. The van der Waals surface area contributed by atoms with Crippen LogP contribution in [0.25, 0.3) is 0 Å². The first-order valence-electron chi connectivity index (χ1n) is 8.14. The molecule has 1 saturated carbocycles. The van der Waals surface area contributed by atoms with Crippen LogP contribution >= 0.6 is 0 Å². The molecule has 1 aliphatic carbocycles. The molecule has 0 heterocycles. The predicted molar refractivity (Wildman–Crippen MR) is 90.7 cm³/mol. The van der Waals surface area contributed by atoms with Crippen LogP contribution in [0.1, 0.15) is 42.5 Å². The summed E-state index contributed by atoms with van der Waals surface area (Å²) in [7, 11) is 0.550. The summed E-state index contributed by atoms with van der Waals surface area (Å²) >= 11 is 0. The molecular formula is C17H25NO5S. The van der Waals surface area contributed by atoms with E-state index < -0.39 is 16.0 Å². The molecule has 0 aromatic heterocycles. The van der Waals surface area contributed by atoms with Crippen LogP contribution in [0.4, 0.5) is 0 Å². The second kappa shape index (κ2) is 7.98. The molecule has 2 rings (SSSR count). The Bertz CT molecular complexity index is 678. The lowest BCUT2D eigenvalue weighted by atomic mass is 9.90. The van der Waals surface area contributed by atoms with E-state index in [4.69, 9.17) is 9.47 Å². The fourth-order valence-corrected chi connectivity index (χ4v) is 3.91. The minimum absolute atomic E-state index is 0.0397. The summed E-state index contributed by atoms with van der Waals surface area (Å²) in [5.41, 5.74) is 0.215. The Labute approximate surface area is 143 Å². The Morgan fingerprint density at radius 2 is 1.88 bits per heavy atom. The first-order chi connectivity index (χ1) is 11.4. The Balaban J connectivity index is 2.16. The van der Waals surface area contributed by atoms with Gasteiger partial charge in [-0.1, -0.05) is 19.3 Å². The molecule has 134 valence electrons. The molecule has 1 fully saturated rings. The van der Waals surface area contributed by atoms with Gasteiger partial charge in [0.25, 0.3) is 0 Å². The van der Waals surface area contributed by atoms with Gasteiger partial charge in [0, 0.05) is 14.1 Å². The van der Waals surface area contributed by atoms with Crippen LogP contribution in [0.2, 0.25) is 0 Å². The summed E-state index contributed by atoms with van der Waals surface area (Å²) < 4.78 is 36.4. The van der Waals surface area contributed by atoms with Gasteiger partial charge < -0.3 is 9.47 Å². The smallest absolute Gasteiger partial charge is 0.338 e. The second-order valence-electron chi connectivity index (χ2n) is 6.26. The lowest BCUT2D eigenvalue weighted by Gasteiger charge is -2.21. The third-order valence-electron chi connectivity index (χ3n) is 4.33. The maximum absolute atomic E-state index is 12.4. The number of esters is 1. The first-order valence-corrected chi connectivity index (χ1v) is 9.58. The molecule has 0 N–H and O–H groups in total. The van der Waals surface area contributed by atoms with Gasteiger partial charge in [-0.25, -0.2) is 17.5 Å². The molecule has 24 heavy (non-hydrogen) atoms. The Morgan fingerprint density at radius 3 is 2.46 bits per heavy atom. The number of methoxy groups -OCH3 is 1. The van der Waals surface area contributed by atoms with Crippen molar-refractivity contribution in [3.8, 4) is 5.75 Å². The second-order valence-corrected chi connectivity index (χ2v) is 8.38. The standard InChI is InChI=1S/C17H25NO5S/c1-18(2)24(20,21)16-11-14(9-10-15(16)22-3)17(19)23-12-13-7-5-4-6-8-13/h9-11,13H,4-8,12H2,1-3H3. The molecule has 0 saturated heterocycles. The number of sulfonamides is 1. The van der Waals surface area contributed by atoms with E-state index in [1.165, 1.54) is 58.7 Å². The fraction of sp³-hybridized carbons (Fsp3) is 0.588. The predicted octanol–water partition coefficient (Wildman–Crippen LogP) is 2.68. The van der Waals surface area contributed by atoms with Crippen LogP contribution < -0.4 is 4.74 Å². The molecular weight excluding hydrogens is 330 g/mol. The normalized spacial score (nSPS) is 16.2. The summed E-state index contributed by atoms with van der Waals surface area (Å²) in [6, 6.07) is 4.32. The minimum Gasteiger partial charge on any atom is -0.495 e. The van der Waals surface area contributed by atoms with Gasteiger partial charge in [0.2, 0.25) is 10.0 Å². The van der Waals surface area contributed by atoms with Gasteiger partial charge in [-0.05, 0) is 37.0 Å². The fourth-order valence-electron chi connectivity index (χ4n) is 2.83. The van der Waals surface area contributed by atoms with E-state index in [1.807, 2.05) is 0 Å². The van der Waals surface area contributed by atoms with E-state index in [0.717, 1.165) is 17.1 Å². The number of benzene rings is 1. The van der Waals surface area contributed by atoms with E-state index in [-0.39, 0.29) is 16.2 Å². The highest BCUT2D eigenvalue weighted by Crippen LogP contribution is 2.28. The van der Waals surface area contributed by atoms with Crippen molar-refractivity contribution in [1.29, 1.82) is 0 Å². The van der Waals surface area contributed by atoms with Crippen LogP contribution in [-0.2, 0) is 14.8 Å². The maximum Gasteiger partial charge on any atom is 0.338 e. The number of ether oxygens (including phenoxy) is 2. The van der Waals surface area contributed by atoms with Gasteiger partial charge in [0.1, 0.15) is 10.6 Å². The van der Waals surface area contributed by atoms with Crippen molar-refractivity contribution in [2.24, 2.45) is 5.92 Å². The number of nitrogens with zero attached hydrogens (tertiary/aromatic N) is 1. The highest BCUT2D eigenvalue weighted by Gasteiger charge is 2.24. The van der Waals surface area contributed by atoms with Gasteiger partial charge in [0.15, 0.2) is 0 Å². The molecule has 0 unspecified atom stereocenters. The number of hydrogen-bond acceptors (Lipinski definition) is 5. The molecule has 0 atom stereocenters. The summed E-state index contributed by atoms with van der Waals surface area (Å²) in [6.45, 7) is 0.390. The largest absolute Gasteiger partial charge is 0.495 e. The van der Waals surface area contributed by atoms with Crippen LogP contribution in [-0.4, -0.2) is 46.5 Å². The van der Waals surface area contributed by atoms with Crippen LogP contribution in [0.5, 0.6) is 5.75 Å². The quantitative estimate of drug-likeness (QED) is 0.734. The average Bonchev–Trinajstić information content (AvgIpc) is 2.59. The number of rotatable bonds is 6. The zero-order valence-electron chi connectivity index (χ0n) is 14.4. The molecule has 1 aromatic carbocycles. The minimum atomic E-state index is -3.71. The molecule has 0 radical (unpaired) electrons. The molecule has 0 amide bonds. The molecule has 1 aromatic rings. The average molecular weight is 355 g/mol. The summed E-state index contributed by atoms with van der Waals surface area (Å²) in [5, 5.41) is 0. The number of hydrogen-bond donors (Lipinski definition) is 0. The lowest BCUT2D eigenvalue weighted by molar-refractivity contribution is 0.0410. The maximum atomic E-state index is 12.4. The number of carbonyl (C=O) groups excluding carboxylic acids is 1. The van der Waals surface area contributed by atoms with Crippen molar-refractivity contribution in [3.63, 3.8) is 0 Å². The van der Waals surface area contributed by atoms with Crippen LogP contribution in [0.3, 0.4) is 0 Å². The lowest BCUT2D eigenvalue weighted by Crippen LogP contribution is -2.23. The van der Waals surface area contributed by atoms with Crippen molar-refractivity contribution in [2.75, 3.05) is 27.8 Å². The Kier molecular flexibility index (Phi) is 6.23. The third-order valence-corrected chi connectivity index (χ3v) is 6.17. The van der Waals surface area contributed by atoms with Crippen molar-refractivity contribution >= 4 is 16.0 Å². The molecule has 0 bridgehead atoms. The van der Waals surface area contributed by atoms with Crippen molar-refractivity contribution < 1.29 is 22.7 Å². The highest BCUT2D eigenvalue weighted by atomic mass is 32.2. The molecule has 1 aliphatic rings. The van der Waals surface area contributed by atoms with E-state index >= 15 is 0 Å². The van der Waals surface area contributed by atoms with E-state index in [1.54, 1.807) is 0 Å². The molecule has 7 heteroatoms. The van der Waals surface area contributed by atoms with Crippen LogP contribution in [0, 0.1) is 5.92 Å². The summed E-state index contributed by atoms with van der Waals surface area (Å²) in [6.07, 6.45) is 5.76. The number of carbonyl (C=O) groups is 1.